The molecule has 0 spiro atoms. The lowest BCUT2D eigenvalue weighted by molar-refractivity contribution is -0.132. The molecule has 1 saturated heterocycles. The SMILES string of the molecule is O=C(CCc1nc(C2CCCC2)no1)N1C[C@@H](F)C[C@H]1CO. The first kappa shape index (κ1) is 15.4. The van der Waals surface area contributed by atoms with Crippen molar-refractivity contribution in [1.82, 2.24) is 15.0 Å². The van der Waals surface area contributed by atoms with E-state index in [9.17, 15) is 14.3 Å². The lowest BCUT2D eigenvalue weighted by Crippen LogP contribution is -2.38. The minimum atomic E-state index is -1.04. The monoisotopic (exact) mass is 311 g/mol. The van der Waals surface area contributed by atoms with Crippen LogP contribution in [0.15, 0.2) is 4.52 Å². The first-order valence-corrected chi connectivity index (χ1v) is 8.04. The van der Waals surface area contributed by atoms with Gasteiger partial charge in [0, 0.05) is 25.2 Å². The Bertz CT molecular complexity index is 516. The summed E-state index contributed by atoms with van der Waals surface area (Å²) in [5, 5.41) is 13.2. The third-order valence-electron chi connectivity index (χ3n) is 4.65. The van der Waals surface area contributed by atoms with Gasteiger partial charge in [-0.3, -0.25) is 4.79 Å². The summed E-state index contributed by atoms with van der Waals surface area (Å²) in [6, 6.07) is -0.403. The summed E-state index contributed by atoms with van der Waals surface area (Å²) < 4.78 is 18.6. The third kappa shape index (κ3) is 3.29. The number of nitrogens with zero attached hydrogens (tertiary/aromatic N) is 3. The second-order valence-corrected chi connectivity index (χ2v) is 6.24. The van der Waals surface area contributed by atoms with Gasteiger partial charge < -0.3 is 14.5 Å². The molecule has 7 heteroatoms. The Labute approximate surface area is 128 Å². The molecule has 6 nitrogen and oxygen atoms in total. The number of aromatic nitrogens is 2. The zero-order valence-electron chi connectivity index (χ0n) is 12.6. The molecule has 0 unspecified atom stereocenters. The van der Waals surface area contributed by atoms with Crippen molar-refractivity contribution >= 4 is 5.91 Å². The number of hydrogen-bond donors (Lipinski definition) is 1. The number of likely N-dealkylation sites (tertiary alicyclic amines) is 1. The maximum atomic E-state index is 13.4. The van der Waals surface area contributed by atoms with E-state index in [4.69, 9.17) is 4.52 Å². The minimum absolute atomic E-state index is 0.0707. The van der Waals surface area contributed by atoms with Crippen LogP contribution in [0.4, 0.5) is 4.39 Å². The Balaban J connectivity index is 1.52. The topological polar surface area (TPSA) is 79.5 Å². The van der Waals surface area contributed by atoms with Gasteiger partial charge in [-0.1, -0.05) is 18.0 Å². The van der Waals surface area contributed by atoms with E-state index in [0.29, 0.717) is 18.2 Å². The molecule has 1 aromatic rings. The van der Waals surface area contributed by atoms with E-state index in [-0.39, 0.29) is 31.9 Å². The molecule has 0 aromatic carbocycles. The van der Waals surface area contributed by atoms with Crippen molar-refractivity contribution in [1.29, 1.82) is 0 Å². The summed E-state index contributed by atoms with van der Waals surface area (Å²) in [4.78, 5) is 18.0. The van der Waals surface area contributed by atoms with Crippen LogP contribution < -0.4 is 0 Å². The fourth-order valence-corrected chi connectivity index (χ4v) is 3.41. The van der Waals surface area contributed by atoms with Crippen LogP contribution in [0.3, 0.4) is 0 Å². The van der Waals surface area contributed by atoms with E-state index in [1.165, 1.54) is 17.7 Å². The highest BCUT2D eigenvalue weighted by atomic mass is 19.1. The Kier molecular flexibility index (Phi) is 4.71. The molecule has 2 fully saturated rings. The van der Waals surface area contributed by atoms with Crippen molar-refractivity contribution in [2.75, 3.05) is 13.2 Å². The smallest absolute Gasteiger partial charge is 0.227 e. The van der Waals surface area contributed by atoms with Crippen molar-refractivity contribution in [3.63, 3.8) is 0 Å². The highest BCUT2D eigenvalue weighted by Crippen LogP contribution is 2.32. The fraction of sp³-hybridized carbons (Fsp3) is 0.800. The summed E-state index contributed by atoms with van der Waals surface area (Å²) in [5.41, 5.74) is 0. The zero-order valence-corrected chi connectivity index (χ0v) is 12.6. The van der Waals surface area contributed by atoms with Gasteiger partial charge in [0.05, 0.1) is 19.2 Å². The first-order chi connectivity index (χ1) is 10.7. The summed E-state index contributed by atoms with van der Waals surface area (Å²) >= 11 is 0. The Hall–Kier alpha value is -1.50. The lowest BCUT2D eigenvalue weighted by Gasteiger charge is -2.22. The maximum absolute atomic E-state index is 13.4. The van der Waals surface area contributed by atoms with E-state index in [0.717, 1.165) is 18.7 Å². The molecule has 2 heterocycles. The molecule has 2 atom stereocenters. The zero-order chi connectivity index (χ0) is 15.5. The van der Waals surface area contributed by atoms with Crippen LogP contribution in [0.25, 0.3) is 0 Å². The number of alkyl halides is 1. The average Bonchev–Trinajstić information content (AvgIpc) is 3.24. The third-order valence-corrected chi connectivity index (χ3v) is 4.65. The van der Waals surface area contributed by atoms with Crippen molar-refractivity contribution in [2.24, 2.45) is 0 Å². The summed E-state index contributed by atoms with van der Waals surface area (Å²) in [5.74, 6) is 1.43. The minimum Gasteiger partial charge on any atom is -0.394 e. The molecule has 3 rings (SSSR count). The fourth-order valence-electron chi connectivity index (χ4n) is 3.41. The molecule has 1 saturated carbocycles. The van der Waals surface area contributed by atoms with Crippen molar-refractivity contribution in [3.8, 4) is 0 Å². The predicted molar refractivity (Wildman–Crippen MR) is 75.9 cm³/mol. The second kappa shape index (κ2) is 6.73. The molecule has 1 aliphatic heterocycles. The molecule has 1 N–H and O–H groups in total. The van der Waals surface area contributed by atoms with Gasteiger partial charge in [-0.25, -0.2) is 4.39 Å². The van der Waals surface area contributed by atoms with Gasteiger partial charge >= 0.3 is 0 Å². The van der Waals surface area contributed by atoms with Gasteiger partial charge in [0.2, 0.25) is 11.8 Å². The summed E-state index contributed by atoms with van der Waals surface area (Å²) in [6.45, 7) is -0.125. The Morgan fingerprint density at radius 3 is 2.91 bits per heavy atom. The molecule has 0 radical (unpaired) electrons. The molecular formula is C15H22FN3O3. The van der Waals surface area contributed by atoms with Crippen LogP contribution >= 0.6 is 0 Å². The van der Waals surface area contributed by atoms with Gasteiger partial charge in [0.1, 0.15) is 6.17 Å². The predicted octanol–water partition coefficient (Wildman–Crippen LogP) is 1.59. The average molecular weight is 311 g/mol. The number of aryl methyl sites for hydroxylation is 1. The number of carbonyl (C=O) groups is 1. The number of halogens is 1. The van der Waals surface area contributed by atoms with Crippen LogP contribution in [-0.2, 0) is 11.2 Å². The maximum Gasteiger partial charge on any atom is 0.227 e. The van der Waals surface area contributed by atoms with E-state index < -0.39 is 12.2 Å². The summed E-state index contributed by atoms with van der Waals surface area (Å²) in [6.07, 6.45) is 4.35. The van der Waals surface area contributed by atoms with E-state index in [1.807, 2.05) is 0 Å². The molecule has 122 valence electrons. The van der Waals surface area contributed by atoms with Gasteiger partial charge in [0.25, 0.3) is 0 Å². The van der Waals surface area contributed by atoms with Crippen LogP contribution in [-0.4, -0.2) is 51.4 Å². The number of hydrogen-bond acceptors (Lipinski definition) is 5. The van der Waals surface area contributed by atoms with Crippen molar-refractivity contribution in [2.45, 2.75) is 63.1 Å². The number of rotatable bonds is 5. The highest BCUT2D eigenvalue weighted by molar-refractivity contribution is 5.77. The normalized spacial score (nSPS) is 26.0. The number of aliphatic hydroxyl groups is 1. The second-order valence-electron chi connectivity index (χ2n) is 6.24. The van der Waals surface area contributed by atoms with Gasteiger partial charge in [-0.15, -0.1) is 0 Å². The Morgan fingerprint density at radius 1 is 1.41 bits per heavy atom. The Morgan fingerprint density at radius 2 is 2.18 bits per heavy atom. The quantitative estimate of drug-likeness (QED) is 0.893. The molecule has 1 amide bonds. The number of aliphatic hydroxyl groups excluding tert-OH is 1. The van der Waals surface area contributed by atoms with Crippen LogP contribution in [0.1, 0.15) is 56.2 Å². The first-order valence-electron chi connectivity index (χ1n) is 8.04. The van der Waals surface area contributed by atoms with Gasteiger partial charge in [0.15, 0.2) is 5.82 Å². The highest BCUT2D eigenvalue weighted by Gasteiger charge is 2.34. The lowest BCUT2D eigenvalue weighted by atomic mass is 10.1. The van der Waals surface area contributed by atoms with E-state index >= 15 is 0 Å². The van der Waals surface area contributed by atoms with E-state index in [2.05, 4.69) is 10.1 Å². The largest absolute Gasteiger partial charge is 0.394 e. The molecule has 1 aliphatic carbocycles. The van der Waals surface area contributed by atoms with Gasteiger partial charge in [-0.2, -0.15) is 4.98 Å². The molecule has 2 aliphatic rings. The number of carbonyl (C=O) groups excluding carboxylic acids is 1. The molecule has 22 heavy (non-hydrogen) atoms. The van der Waals surface area contributed by atoms with Gasteiger partial charge in [-0.05, 0) is 12.8 Å². The standard InChI is InChI=1S/C15H22FN3O3/c16-11-7-12(9-20)19(8-11)14(21)6-5-13-17-15(18-22-13)10-3-1-2-4-10/h10-12,20H,1-9H2/t11-,12-/m0/s1. The van der Waals surface area contributed by atoms with E-state index in [1.54, 1.807) is 0 Å². The van der Waals surface area contributed by atoms with Crippen LogP contribution in [0.5, 0.6) is 0 Å². The molecule has 1 aromatic heterocycles. The molecular weight excluding hydrogens is 289 g/mol. The van der Waals surface area contributed by atoms with Crippen molar-refractivity contribution < 1.29 is 18.8 Å². The summed E-state index contributed by atoms with van der Waals surface area (Å²) in [7, 11) is 0. The number of amides is 1. The molecule has 0 bridgehead atoms. The van der Waals surface area contributed by atoms with Crippen molar-refractivity contribution in [3.05, 3.63) is 11.7 Å². The van der Waals surface area contributed by atoms with Crippen LogP contribution in [0.2, 0.25) is 0 Å². The van der Waals surface area contributed by atoms with Crippen LogP contribution in [0, 0.1) is 0 Å².